The van der Waals surface area contributed by atoms with Gasteiger partial charge in [0.1, 0.15) is 0 Å². The average molecular weight is 374 g/mol. The number of alkyl halides is 3. The molecule has 0 aliphatic rings. The number of amides is 1. The Morgan fingerprint density at radius 3 is 2.19 bits per heavy atom. The predicted molar refractivity (Wildman–Crippen MR) is 82.9 cm³/mol. The molecule has 0 spiro atoms. The van der Waals surface area contributed by atoms with Crippen molar-refractivity contribution >= 4 is 29.5 Å². The largest absolute Gasteiger partial charge is 0.490 e. The van der Waals surface area contributed by atoms with Crippen molar-refractivity contribution in [3.63, 3.8) is 0 Å². The molecule has 12 heteroatoms. The van der Waals surface area contributed by atoms with Gasteiger partial charge < -0.3 is 21.3 Å². The Balaban J connectivity index is 0.000000412. The molecule has 0 aliphatic carbocycles. The van der Waals surface area contributed by atoms with Crippen LogP contribution < -0.4 is 11.1 Å². The summed E-state index contributed by atoms with van der Waals surface area (Å²) in [6.07, 6.45) is -2.01. The number of nitrogens with two attached hydrogens (primary N) is 1. The number of carbonyl (C=O) groups is 3. The van der Waals surface area contributed by atoms with E-state index in [9.17, 15) is 22.8 Å². The second-order valence-electron chi connectivity index (χ2n) is 4.68. The molecule has 2 aromatic rings. The van der Waals surface area contributed by atoms with E-state index >= 15 is 0 Å². The van der Waals surface area contributed by atoms with Crippen LogP contribution in [0.1, 0.15) is 17.3 Å². The van der Waals surface area contributed by atoms with E-state index in [4.69, 9.17) is 20.7 Å². The smallest absolute Gasteiger partial charge is 0.478 e. The summed E-state index contributed by atoms with van der Waals surface area (Å²) < 4.78 is 33.2. The minimum absolute atomic E-state index is 0.0946. The number of nitrogen functional groups attached to an aromatic ring is 1. The van der Waals surface area contributed by atoms with E-state index in [1.54, 1.807) is 6.20 Å². The second kappa shape index (κ2) is 8.00. The van der Waals surface area contributed by atoms with Gasteiger partial charge in [-0.2, -0.15) is 13.2 Å². The third-order valence-electron chi connectivity index (χ3n) is 2.73. The summed E-state index contributed by atoms with van der Waals surface area (Å²) in [6.45, 7) is 1.37. The summed E-state index contributed by atoms with van der Waals surface area (Å²) in [7, 11) is 0. The number of carbonyl (C=O) groups excluding carboxylic acids is 1. The summed E-state index contributed by atoms with van der Waals surface area (Å²) in [5.74, 6) is -3.88. The van der Waals surface area contributed by atoms with Crippen LogP contribution in [0.5, 0.6) is 0 Å². The Labute approximate surface area is 143 Å². The van der Waals surface area contributed by atoms with E-state index in [1.807, 2.05) is 0 Å². The van der Waals surface area contributed by atoms with E-state index in [0.29, 0.717) is 11.4 Å². The molecule has 26 heavy (non-hydrogen) atoms. The highest BCUT2D eigenvalue weighted by Crippen LogP contribution is 2.24. The molecule has 0 saturated heterocycles. The fourth-order valence-electron chi connectivity index (χ4n) is 1.68. The van der Waals surface area contributed by atoms with Gasteiger partial charge in [0, 0.05) is 19.3 Å². The van der Waals surface area contributed by atoms with Crippen LogP contribution in [0.3, 0.4) is 0 Å². The lowest BCUT2D eigenvalue weighted by Crippen LogP contribution is -2.21. The van der Waals surface area contributed by atoms with Crippen molar-refractivity contribution in [1.29, 1.82) is 0 Å². The number of hydrogen-bond acceptors (Lipinski definition) is 5. The van der Waals surface area contributed by atoms with Gasteiger partial charge in [-0.1, -0.05) is 0 Å². The second-order valence-corrected chi connectivity index (χ2v) is 4.68. The van der Waals surface area contributed by atoms with Gasteiger partial charge in [0.25, 0.3) is 0 Å². The Hall–Kier alpha value is -3.57. The number of aromatic nitrogens is 2. The zero-order valence-corrected chi connectivity index (χ0v) is 13.1. The maximum atomic E-state index is 11.2. The molecule has 0 bridgehead atoms. The molecule has 1 heterocycles. The molecule has 2 rings (SSSR count). The average Bonchev–Trinajstić information content (AvgIpc) is 2.92. The quantitative estimate of drug-likeness (QED) is 0.640. The van der Waals surface area contributed by atoms with Gasteiger partial charge in [-0.3, -0.25) is 9.36 Å². The standard InChI is InChI=1S/C12H12N4O3.C2HF3O2/c1-7(17)15-9-3-2-8(11(18)19)6-10(9)16-5-4-14-12(16)13;3-2(4,5)1(6)7/h2-6H,1H3,(H2,13,14)(H,15,17)(H,18,19);(H,6,7). The number of hydrogen-bond donors (Lipinski definition) is 4. The summed E-state index contributed by atoms with van der Waals surface area (Å²) in [6, 6.07) is 4.34. The minimum Gasteiger partial charge on any atom is -0.478 e. The Morgan fingerprint density at radius 1 is 1.23 bits per heavy atom. The van der Waals surface area contributed by atoms with Crippen LogP contribution >= 0.6 is 0 Å². The van der Waals surface area contributed by atoms with Gasteiger partial charge in [-0.15, -0.1) is 0 Å². The fourth-order valence-corrected chi connectivity index (χ4v) is 1.68. The van der Waals surface area contributed by atoms with E-state index in [0.717, 1.165) is 0 Å². The molecular weight excluding hydrogens is 361 g/mol. The number of nitrogens with one attached hydrogen (secondary N) is 1. The van der Waals surface area contributed by atoms with Crippen LogP contribution in [0.2, 0.25) is 0 Å². The Morgan fingerprint density at radius 2 is 1.81 bits per heavy atom. The highest BCUT2D eigenvalue weighted by Gasteiger charge is 2.38. The summed E-state index contributed by atoms with van der Waals surface area (Å²) in [4.78, 5) is 34.9. The van der Waals surface area contributed by atoms with E-state index in [1.165, 1.54) is 35.9 Å². The lowest BCUT2D eigenvalue weighted by molar-refractivity contribution is -0.192. The molecule has 0 aliphatic heterocycles. The maximum Gasteiger partial charge on any atom is 0.490 e. The molecule has 9 nitrogen and oxygen atoms in total. The van der Waals surface area contributed by atoms with Crippen LogP contribution in [0, 0.1) is 0 Å². The number of rotatable bonds is 3. The number of aliphatic carboxylic acids is 1. The number of carboxylic acid groups (broad SMARTS) is 2. The first kappa shape index (κ1) is 20.5. The number of anilines is 2. The molecule has 140 valence electrons. The van der Waals surface area contributed by atoms with Crippen molar-refractivity contribution < 1.29 is 37.8 Å². The van der Waals surface area contributed by atoms with E-state index in [-0.39, 0.29) is 17.4 Å². The Bertz CT molecular complexity index is 832. The van der Waals surface area contributed by atoms with E-state index in [2.05, 4.69) is 10.3 Å². The lowest BCUT2D eigenvalue weighted by Gasteiger charge is -2.12. The highest BCUT2D eigenvalue weighted by atomic mass is 19.4. The van der Waals surface area contributed by atoms with Crippen molar-refractivity contribution in [3.8, 4) is 5.69 Å². The van der Waals surface area contributed by atoms with Crippen molar-refractivity contribution in [3.05, 3.63) is 36.2 Å². The van der Waals surface area contributed by atoms with Crippen LogP contribution in [-0.2, 0) is 9.59 Å². The van der Waals surface area contributed by atoms with Crippen LogP contribution in [0.25, 0.3) is 5.69 Å². The van der Waals surface area contributed by atoms with Crippen molar-refractivity contribution in [2.45, 2.75) is 13.1 Å². The van der Waals surface area contributed by atoms with Gasteiger partial charge in [0.2, 0.25) is 11.9 Å². The van der Waals surface area contributed by atoms with Crippen molar-refractivity contribution in [2.75, 3.05) is 11.1 Å². The molecular formula is C14H13F3N4O5. The topological polar surface area (TPSA) is 148 Å². The van der Waals surface area contributed by atoms with E-state index < -0.39 is 18.1 Å². The number of carboxylic acids is 2. The predicted octanol–water partition coefficient (Wildman–Crippen LogP) is 1.74. The molecule has 0 fully saturated rings. The molecule has 0 saturated carbocycles. The number of benzene rings is 1. The molecule has 0 unspecified atom stereocenters. The Kier molecular flexibility index (Phi) is 6.30. The number of imidazole rings is 1. The first-order valence-electron chi connectivity index (χ1n) is 6.67. The van der Waals surface area contributed by atoms with Crippen LogP contribution in [0.4, 0.5) is 24.8 Å². The SMILES string of the molecule is CC(=O)Nc1ccc(C(=O)O)cc1-n1ccnc1N.O=C(O)C(F)(F)F. The van der Waals surface area contributed by atoms with Gasteiger partial charge in [-0.05, 0) is 18.2 Å². The van der Waals surface area contributed by atoms with Gasteiger partial charge in [-0.25, -0.2) is 14.6 Å². The lowest BCUT2D eigenvalue weighted by atomic mass is 10.1. The molecule has 5 N–H and O–H groups in total. The third-order valence-corrected chi connectivity index (χ3v) is 2.73. The minimum atomic E-state index is -5.08. The first-order valence-corrected chi connectivity index (χ1v) is 6.67. The van der Waals surface area contributed by atoms with Gasteiger partial charge in [0.05, 0.1) is 16.9 Å². The summed E-state index contributed by atoms with van der Waals surface area (Å²) in [5, 5.41) is 18.7. The third kappa shape index (κ3) is 5.51. The number of aromatic carboxylic acids is 1. The monoisotopic (exact) mass is 374 g/mol. The molecule has 0 radical (unpaired) electrons. The maximum absolute atomic E-state index is 11.2. The highest BCUT2D eigenvalue weighted by molar-refractivity contribution is 5.94. The summed E-state index contributed by atoms with van der Waals surface area (Å²) in [5.41, 5.74) is 6.69. The number of nitrogens with zero attached hydrogens (tertiary/aromatic N) is 2. The molecule has 1 amide bonds. The number of halogens is 3. The first-order chi connectivity index (χ1) is 11.9. The summed E-state index contributed by atoms with van der Waals surface area (Å²) >= 11 is 0. The normalized spacial score (nSPS) is 10.5. The van der Waals surface area contributed by atoms with Crippen molar-refractivity contribution in [1.82, 2.24) is 9.55 Å². The van der Waals surface area contributed by atoms with Crippen molar-refractivity contribution in [2.24, 2.45) is 0 Å². The van der Waals surface area contributed by atoms with Crippen LogP contribution in [-0.4, -0.2) is 43.8 Å². The molecule has 0 atom stereocenters. The van der Waals surface area contributed by atoms with Gasteiger partial charge >= 0.3 is 18.1 Å². The molecule has 1 aromatic heterocycles. The van der Waals surface area contributed by atoms with Crippen LogP contribution in [0.15, 0.2) is 30.6 Å². The fraction of sp³-hybridized carbons (Fsp3) is 0.143. The molecule has 1 aromatic carbocycles. The van der Waals surface area contributed by atoms with Gasteiger partial charge in [0.15, 0.2) is 0 Å². The zero-order chi connectivity index (χ0) is 20.1. The zero-order valence-electron chi connectivity index (χ0n) is 13.1.